The summed E-state index contributed by atoms with van der Waals surface area (Å²) in [5.41, 5.74) is -0.466. The molecule has 2 atom stereocenters. The van der Waals surface area contributed by atoms with Crippen molar-refractivity contribution in [1.29, 1.82) is 0 Å². The highest BCUT2D eigenvalue weighted by Gasteiger charge is 2.62. The van der Waals surface area contributed by atoms with Gasteiger partial charge in [-0.25, -0.2) is 4.39 Å². The molecule has 2 aliphatic rings. The van der Waals surface area contributed by atoms with Crippen LogP contribution in [0.1, 0.15) is 32.3 Å². The van der Waals surface area contributed by atoms with E-state index in [1.54, 1.807) is 23.1 Å². The van der Waals surface area contributed by atoms with E-state index in [9.17, 15) is 18.3 Å². The number of halogens is 1. The third-order valence-electron chi connectivity index (χ3n) is 6.96. The molecule has 7 nitrogen and oxygen atoms in total. The molecule has 2 fully saturated rings. The molecule has 0 radical (unpaired) electrons. The van der Waals surface area contributed by atoms with Gasteiger partial charge in [0.1, 0.15) is 11.4 Å². The van der Waals surface area contributed by atoms with Crippen LogP contribution in [-0.4, -0.2) is 67.0 Å². The SMILES string of the molecule is CN(C)S(=O)(=O)N[C@@H]1[C@H](Cc2cccc(-c3ccccc3)c2F)N(C(=O)C(C)(C)O)CC12CC2. The van der Waals surface area contributed by atoms with Crippen LogP contribution in [0.3, 0.4) is 0 Å². The van der Waals surface area contributed by atoms with Crippen molar-refractivity contribution in [1.82, 2.24) is 13.9 Å². The molecule has 1 aliphatic carbocycles. The lowest BCUT2D eigenvalue weighted by atomic mass is 9.91. The van der Waals surface area contributed by atoms with E-state index < -0.39 is 45.0 Å². The number of benzene rings is 2. The minimum absolute atomic E-state index is 0.122. The molecule has 184 valence electrons. The first-order valence-corrected chi connectivity index (χ1v) is 12.9. The number of nitrogens with zero attached hydrogens (tertiary/aromatic N) is 2. The first-order chi connectivity index (χ1) is 15.9. The van der Waals surface area contributed by atoms with E-state index in [1.807, 2.05) is 30.3 Å². The number of hydrogen-bond acceptors (Lipinski definition) is 4. The van der Waals surface area contributed by atoms with Crippen LogP contribution in [0.5, 0.6) is 0 Å². The summed E-state index contributed by atoms with van der Waals surface area (Å²) in [5, 5.41) is 10.5. The van der Waals surface area contributed by atoms with Crippen LogP contribution in [0, 0.1) is 11.2 Å². The quantitative estimate of drug-likeness (QED) is 0.626. The van der Waals surface area contributed by atoms with Crippen LogP contribution < -0.4 is 4.72 Å². The standard InChI is InChI=1S/C25H32FN3O4S/c1-24(2,31)23(30)29-16-25(13-14-25)22(27-34(32,33)28(3)4)20(29)15-18-11-8-12-19(21(18)26)17-9-6-5-7-10-17/h5-12,20,22,27,31H,13-16H2,1-4H3/t20-,22+/m0/s1. The number of hydrogen-bond donors (Lipinski definition) is 2. The van der Waals surface area contributed by atoms with Crippen LogP contribution in [0.15, 0.2) is 48.5 Å². The van der Waals surface area contributed by atoms with E-state index in [-0.39, 0.29) is 6.42 Å². The molecule has 1 spiro atoms. The zero-order valence-electron chi connectivity index (χ0n) is 20.0. The lowest BCUT2D eigenvalue weighted by Crippen LogP contribution is -2.54. The summed E-state index contributed by atoms with van der Waals surface area (Å²) in [5.74, 6) is -0.884. The molecule has 0 unspecified atom stereocenters. The second-order valence-electron chi connectivity index (χ2n) is 10.2. The molecular weight excluding hydrogens is 457 g/mol. The molecule has 34 heavy (non-hydrogen) atoms. The molecule has 9 heteroatoms. The number of carbonyl (C=O) groups is 1. The maximum Gasteiger partial charge on any atom is 0.279 e. The summed E-state index contributed by atoms with van der Waals surface area (Å²) in [4.78, 5) is 14.7. The first-order valence-electron chi connectivity index (χ1n) is 11.4. The van der Waals surface area contributed by atoms with Gasteiger partial charge in [-0.05, 0) is 44.2 Å². The van der Waals surface area contributed by atoms with Crippen molar-refractivity contribution in [2.45, 2.75) is 50.8 Å². The molecular formula is C25H32FN3O4S. The first kappa shape index (κ1) is 24.8. The average Bonchev–Trinajstić information content (AvgIpc) is 3.49. The van der Waals surface area contributed by atoms with E-state index in [1.165, 1.54) is 27.9 Å². The minimum atomic E-state index is -3.79. The third kappa shape index (κ3) is 4.62. The van der Waals surface area contributed by atoms with E-state index >= 15 is 4.39 Å². The van der Waals surface area contributed by atoms with Gasteiger partial charge in [-0.15, -0.1) is 0 Å². The van der Waals surface area contributed by atoms with Gasteiger partial charge >= 0.3 is 0 Å². The van der Waals surface area contributed by atoms with Gasteiger partial charge in [-0.2, -0.15) is 17.4 Å². The second kappa shape index (κ2) is 8.71. The van der Waals surface area contributed by atoms with Gasteiger partial charge in [0.2, 0.25) is 0 Å². The zero-order chi connectivity index (χ0) is 24.9. The molecule has 2 N–H and O–H groups in total. The molecule has 0 aromatic heterocycles. The fraction of sp³-hybridized carbons (Fsp3) is 0.480. The number of aliphatic hydroxyl groups is 1. The predicted molar refractivity (Wildman–Crippen MR) is 129 cm³/mol. The number of amides is 1. The Hall–Kier alpha value is -2.33. The fourth-order valence-corrected chi connectivity index (χ4v) is 5.79. The van der Waals surface area contributed by atoms with Crippen LogP contribution in [0.4, 0.5) is 4.39 Å². The molecule has 1 aliphatic heterocycles. The maximum absolute atomic E-state index is 15.7. The highest BCUT2D eigenvalue weighted by Crippen LogP contribution is 2.56. The number of nitrogens with one attached hydrogen (secondary N) is 1. The average molecular weight is 490 g/mol. The molecule has 2 aromatic rings. The van der Waals surface area contributed by atoms with Crippen molar-refractivity contribution in [3.63, 3.8) is 0 Å². The third-order valence-corrected chi connectivity index (χ3v) is 8.47. The second-order valence-corrected chi connectivity index (χ2v) is 12.1. The molecule has 0 bridgehead atoms. The lowest BCUT2D eigenvalue weighted by molar-refractivity contribution is -0.149. The Morgan fingerprint density at radius 3 is 2.38 bits per heavy atom. The number of carbonyl (C=O) groups excluding carboxylic acids is 1. The molecule has 4 rings (SSSR count). The number of likely N-dealkylation sites (tertiary alicyclic amines) is 1. The minimum Gasteiger partial charge on any atom is -0.381 e. The number of rotatable bonds is 7. The van der Waals surface area contributed by atoms with Gasteiger partial charge in [0.15, 0.2) is 0 Å². The van der Waals surface area contributed by atoms with Gasteiger partial charge < -0.3 is 10.0 Å². The highest BCUT2D eigenvalue weighted by atomic mass is 32.2. The van der Waals surface area contributed by atoms with Crippen LogP contribution in [0.2, 0.25) is 0 Å². The van der Waals surface area contributed by atoms with Crippen molar-refractivity contribution in [2.75, 3.05) is 20.6 Å². The summed E-state index contributed by atoms with van der Waals surface area (Å²) in [6.07, 6.45) is 1.63. The maximum atomic E-state index is 15.7. The largest absolute Gasteiger partial charge is 0.381 e. The van der Waals surface area contributed by atoms with Gasteiger partial charge in [0.25, 0.3) is 16.1 Å². The summed E-state index contributed by atoms with van der Waals surface area (Å²) in [6.45, 7) is 3.15. The Bertz CT molecular complexity index is 1170. The van der Waals surface area contributed by atoms with E-state index in [0.717, 1.165) is 22.7 Å². The fourth-order valence-electron chi connectivity index (χ4n) is 4.85. The van der Waals surface area contributed by atoms with E-state index in [2.05, 4.69) is 4.72 Å². The Morgan fingerprint density at radius 2 is 1.82 bits per heavy atom. The van der Waals surface area contributed by atoms with Gasteiger partial charge in [-0.1, -0.05) is 48.5 Å². The topological polar surface area (TPSA) is 90.0 Å². The summed E-state index contributed by atoms with van der Waals surface area (Å²) in [6, 6.07) is 13.1. The van der Waals surface area contributed by atoms with Gasteiger partial charge in [0, 0.05) is 31.6 Å². The van der Waals surface area contributed by atoms with E-state index in [0.29, 0.717) is 17.7 Å². The Balaban J connectivity index is 1.75. The van der Waals surface area contributed by atoms with Crippen LogP contribution >= 0.6 is 0 Å². The van der Waals surface area contributed by atoms with Gasteiger partial charge in [0.05, 0.1) is 12.1 Å². The molecule has 2 aromatic carbocycles. The Kier molecular flexibility index (Phi) is 6.35. The van der Waals surface area contributed by atoms with Crippen molar-refractivity contribution in [3.8, 4) is 11.1 Å². The molecule has 1 amide bonds. The molecule has 1 saturated carbocycles. The monoisotopic (exact) mass is 489 g/mol. The highest BCUT2D eigenvalue weighted by molar-refractivity contribution is 7.87. The van der Waals surface area contributed by atoms with Crippen LogP contribution in [-0.2, 0) is 21.4 Å². The van der Waals surface area contributed by atoms with Crippen molar-refractivity contribution < 1.29 is 22.7 Å². The Labute approximate surface area is 200 Å². The van der Waals surface area contributed by atoms with E-state index in [4.69, 9.17) is 0 Å². The lowest BCUT2D eigenvalue weighted by Gasteiger charge is -2.33. The predicted octanol–water partition coefficient (Wildman–Crippen LogP) is 2.56. The van der Waals surface area contributed by atoms with Crippen molar-refractivity contribution >= 4 is 16.1 Å². The summed E-state index contributed by atoms with van der Waals surface area (Å²) >= 11 is 0. The van der Waals surface area contributed by atoms with Crippen molar-refractivity contribution in [2.24, 2.45) is 5.41 Å². The Morgan fingerprint density at radius 1 is 1.18 bits per heavy atom. The zero-order valence-corrected chi connectivity index (χ0v) is 20.8. The molecule has 1 heterocycles. The normalized spacial score (nSPS) is 21.9. The van der Waals surface area contributed by atoms with Crippen LogP contribution in [0.25, 0.3) is 11.1 Å². The van der Waals surface area contributed by atoms with Crippen molar-refractivity contribution in [3.05, 3.63) is 59.9 Å². The molecule has 1 saturated heterocycles. The van der Waals surface area contributed by atoms with Gasteiger partial charge in [-0.3, -0.25) is 4.79 Å². The summed E-state index contributed by atoms with van der Waals surface area (Å²) in [7, 11) is -0.916. The smallest absolute Gasteiger partial charge is 0.279 e. The summed E-state index contributed by atoms with van der Waals surface area (Å²) < 4.78 is 45.1.